The largest absolute Gasteiger partial charge is 0.497 e. The van der Waals surface area contributed by atoms with Crippen LogP contribution in [0.4, 0.5) is 0 Å². The first-order chi connectivity index (χ1) is 8.49. The van der Waals surface area contributed by atoms with Gasteiger partial charge < -0.3 is 9.47 Å². The first-order valence-corrected chi connectivity index (χ1v) is 6.46. The van der Waals surface area contributed by atoms with Gasteiger partial charge in [-0.25, -0.2) is 4.79 Å². The second-order valence-electron chi connectivity index (χ2n) is 4.16. The van der Waals surface area contributed by atoms with E-state index in [0.717, 1.165) is 15.8 Å². The van der Waals surface area contributed by atoms with Crippen molar-refractivity contribution in [2.24, 2.45) is 0 Å². The zero-order chi connectivity index (χ0) is 13.7. The number of carbonyl (C=O) groups is 1. The highest BCUT2D eigenvalue weighted by atomic mass is 79.9. The topological polar surface area (TPSA) is 47.6 Å². The van der Waals surface area contributed by atoms with Crippen molar-refractivity contribution in [3.8, 4) is 5.75 Å². The van der Waals surface area contributed by atoms with E-state index in [1.54, 1.807) is 7.11 Å². The minimum Gasteiger partial charge on any atom is -0.497 e. The molecule has 1 rings (SSSR count). The average molecular weight is 316 g/mol. The van der Waals surface area contributed by atoms with Crippen LogP contribution in [0, 0.1) is 0 Å². The molecule has 0 aliphatic carbocycles. The number of halogens is 1. The van der Waals surface area contributed by atoms with Crippen LogP contribution in [0.2, 0.25) is 0 Å². The number of ether oxygens (including phenoxy) is 2. The van der Waals surface area contributed by atoms with Crippen molar-refractivity contribution in [1.29, 1.82) is 0 Å². The number of carbonyl (C=O) groups excluding carboxylic acids is 1. The van der Waals surface area contributed by atoms with Crippen LogP contribution in [0.3, 0.4) is 0 Å². The third kappa shape index (κ3) is 3.71. The van der Waals surface area contributed by atoms with Crippen LogP contribution >= 0.6 is 15.9 Å². The van der Waals surface area contributed by atoms with Crippen molar-refractivity contribution in [3.05, 3.63) is 28.2 Å². The Kier molecular flexibility index (Phi) is 5.62. The third-order valence-electron chi connectivity index (χ3n) is 2.46. The summed E-state index contributed by atoms with van der Waals surface area (Å²) >= 11 is 3.45. The first-order valence-electron chi connectivity index (χ1n) is 5.67. The zero-order valence-electron chi connectivity index (χ0n) is 11.0. The van der Waals surface area contributed by atoms with Gasteiger partial charge in [-0.2, -0.15) is 0 Å². The van der Waals surface area contributed by atoms with Gasteiger partial charge in [0.15, 0.2) is 0 Å². The summed E-state index contributed by atoms with van der Waals surface area (Å²) in [7, 11) is 2.99. The molecule has 0 bridgehead atoms. The molecule has 0 fully saturated rings. The van der Waals surface area contributed by atoms with Gasteiger partial charge in [-0.05, 0) is 31.5 Å². The molecule has 5 heteroatoms. The normalized spacial score (nSPS) is 12.3. The van der Waals surface area contributed by atoms with Gasteiger partial charge in [-0.3, -0.25) is 5.32 Å². The lowest BCUT2D eigenvalue weighted by Crippen LogP contribution is -2.34. The van der Waals surface area contributed by atoms with Gasteiger partial charge in [0.25, 0.3) is 0 Å². The van der Waals surface area contributed by atoms with Crippen LogP contribution in [0.25, 0.3) is 0 Å². The van der Waals surface area contributed by atoms with Crippen LogP contribution in [0.5, 0.6) is 5.75 Å². The van der Waals surface area contributed by atoms with Gasteiger partial charge in [-0.15, -0.1) is 0 Å². The number of rotatable bonds is 5. The van der Waals surface area contributed by atoms with E-state index in [0.29, 0.717) is 0 Å². The molecule has 0 saturated carbocycles. The lowest BCUT2D eigenvalue weighted by atomic mass is 10.1. The van der Waals surface area contributed by atoms with Gasteiger partial charge in [-0.1, -0.05) is 22.0 Å². The number of benzene rings is 1. The third-order valence-corrected chi connectivity index (χ3v) is 3.14. The van der Waals surface area contributed by atoms with Crippen molar-refractivity contribution in [2.75, 3.05) is 14.2 Å². The highest BCUT2D eigenvalue weighted by Gasteiger charge is 2.24. The van der Waals surface area contributed by atoms with E-state index in [2.05, 4.69) is 21.2 Å². The Labute approximate surface area is 116 Å². The van der Waals surface area contributed by atoms with Gasteiger partial charge in [0, 0.05) is 10.5 Å². The lowest BCUT2D eigenvalue weighted by Gasteiger charge is -2.20. The van der Waals surface area contributed by atoms with Crippen molar-refractivity contribution in [2.45, 2.75) is 25.9 Å². The monoisotopic (exact) mass is 315 g/mol. The number of esters is 1. The van der Waals surface area contributed by atoms with Gasteiger partial charge >= 0.3 is 5.97 Å². The lowest BCUT2D eigenvalue weighted by molar-refractivity contribution is -0.143. The molecule has 1 atom stereocenters. The highest BCUT2D eigenvalue weighted by Crippen LogP contribution is 2.28. The predicted octanol–water partition coefficient (Wildman–Crippen LogP) is 2.67. The Morgan fingerprint density at radius 2 is 2.00 bits per heavy atom. The molecule has 0 heterocycles. The Morgan fingerprint density at radius 1 is 1.33 bits per heavy atom. The molecule has 0 aromatic heterocycles. The molecule has 0 aliphatic rings. The first kappa shape index (κ1) is 15.0. The SMILES string of the molecule is COC(=O)C(NC(C)C)c1ccc(OC)cc1Br. The summed E-state index contributed by atoms with van der Waals surface area (Å²) in [5.41, 5.74) is 0.830. The molecule has 0 saturated heterocycles. The van der Waals surface area contributed by atoms with Crippen molar-refractivity contribution in [1.82, 2.24) is 5.32 Å². The van der Waals surface area contributed by atoms with E-state index in [4.69, 9.17) is 9.47 Å². The highest BCUT2D eigenvalue weighted by molar-refractivity contribution is 9.10. The second kappa shape index (κ2) is 6.75. The predicted molar refractivity (Wildman–Crippen MR) is 73.7 cm³/mol. The molecule has 0 radical (unpaired) electrons. The maximum Gasteiger partial charge on any atom is 0.327 e. The number of hydrogen-bond donors (Lipinski definition) is 1. The molecular weight excluding hydrogens is 298 g/mol. The van der Waals surface area contributed by atoms with Crippen LogP contribution in [0.15, 0.2) is 22.7 Å². The molecule has 4 nitrogen and oxygen atoms in total. The molecule has 1 aromatic rings. The Balaban J connectivity index is 3.08. The fourth-order valence-electron chi connectivity index (χ4n) is 1.60. The summed E-state index contributed by atoms with van der Waals surface area (Å²) in [6, 6.07) is 5.17. The van der Waals surface area contributed by atoms with Crippen LogP contribution in [-0.4, -0.2) is 26.2 Å². The van der Waals surface area contributed by atoms with Crippen molar-refractivity contribution < 1.29 is 14.3 Å². The maximum atomic E-state index is 11.8. The minimum atomic E-state index is -0.490. The summed E-state index contributed by atoms with van der Waals surface area (Å²) in [5, 5.41) is 3.18. The van der Waals surface area contributed by atoms with E-state index >= 15 is 0 Å². The Morgan fingerprint density at radius 3 is 2.44 bits per heavy atom. The summed E-state index contributed by atoms with van der Waals surface area (Å²) in [6.45, 7) is 3.96. The van der Waals surface area contributed by atoms with E-state index < -0.39 is 6.04 Å². The van der Waals surface area contributed by atoms with Gasteiger partial charge in [0.1, 0.15) is 11.8 Å². The number of methoxy groups -OCH3 is 2. The fraction of sp³-hybridized carbons (Fsp3) is 0.462. The standard InChI is InChI=1S/C13H18BrNO3/c1-8(2)15-12(13(16)18-4)10-6-5-9(17-3)7-11(10)14/h5-8,12,15H,1-4H3. The summed E-state index contributed by atoms with van der Waals surface area (Å²) in [6.07, 6.45) is 0. The molecule has 0 amide bonds. The van der Waals surface area contributed by atoms with E-state index in [9.17, 15) is 4.79 Å². The van der Waals surface area contributed by atoms with E-state index in [1.807, 2.05) is 32.0 Å². The van der Waals surface area contributed by atoms with Gasteiger partial charge in [0.2, 0.25) is 0 Å². The summed E-state index contributed by atoms with van der Waals surface area (Å²) < 4.78 is 10.8. The van der Waals surface area contributed by atoms with Crippen LogP contribution < -0.4 is 10.1 Å². The van der Waals surface area contributed by atoms with Crippen LogP contribution in [0.1, 0.15) is 25.5 Å². The number of nitrogens with one attached hydrogen (secondary N) is 1. The number of hydrogen-bond acceptors (Lipinski definition) is 4. The molecule has 18 heavy (non-hydrogen) atoms. The second-order valence-corrected chi connectivity index (χ2v) is 5.02. The molecule has 1 unspecified atom stereocenters. The van der Waals surface area contributed by atoms with E-state index in [-0.39, 0.29) is 12.0 Å². The molecule has 0 spiro atoms. The van der Waals surface area contributed by atoms with Crippen molar-refractivity contribution >= 4 is 21.9 Å². The molecule has 100 valence electrons. The van der Waals surface area contributed by atoms with Crippen molar-refractivity contribution in [3.63, 3.8) is 0 Å². The summed E-state index contributed by atoms with van der Waals surface area (Å²) in [4.78, 5) is 11.8. The molecule has 1 aromatic carbocycles. The van der Waals surface area contributed by atoms with Gasteiger partial charge in [0.05, 0.1) is 14.2 Å². The van der Waals surface area contributed by atoms with E-state index in [1.165, 1.54) is 7.11 Å². The quantitative estimate of drug-likeness (QED) is 0.849. The minimum absolute atomic E-state index is 0.170. The molecular formula is C13H18BrNO3. The smallest absolute Gasteiger partial charge is 0.327 e. The average Bonchev–Trinajstić information content (AvgIpc) is 2.35. The Hall–Kier alpha value is -1.07. The van der Waals surface area contributed by atoms with Crippen LogP contribution in [-0.2, 0) is 9.53 Å². The Bertz CT molecular complexity index is 421. The summed E-state index contributed by atoms with van der Waals surface area (Å²) in [5.74, 6) is 0.424. The maximum absolute atomic E-state index is 11.8. The molecule has 1 N–H and O–H groups in total. The molecule has 0 aliphatic heterocycles. The zero-order valence-corrected chi connectivity index (χ0v) is 12.6. The fourth-order valence-corrected chi connectivity index (χ4v) is 2.19.